The summed E-state index contributed by atoms with van der Waals surface area (Å²) >= 11 is 0. The fourth-order valence-corrected chi connectivity index (χ4v) is 3.29. The molecule has 0 aromatic heterocycles. The Labute approximate surface area is 125 Å². The fourth-order valence-electron chi connectivity index (χ4n) is 2.13. The van der Waals surface area contributed by atoms with Gasteiger partial charge in [-0.25, -0.2) is 13.1 Å². The van der Waals surface area contributed by atoms with Gasteiger partial charge in [-0.1, -0.05) is 13.8 Å². The number of amides is 1. The molecule has 1 aliphatic heterocycles. The monoisotopic (exact) mass is 312 g/mol. The van der Waals surface area contributed by atoms with Crippen LogP contribution in [0.3, 0.4) is 0 Å². The van der Waals surface area contributed by atoms with E-state index in [1.54, 1.807) is 17.9 Å². The van der Waals surface area contributed by atoms with Gasteiger partial charge in [0.15, 0.2) is 0 Å². The van der Waals surface area contributed by atoms with E-state index in [0.717, 1.165) is 0 Å². The highest BCUT2D eigenvalue weighted by molar-refractivity contribution is 7.89. The van der Waals surface area contributed by atoms with Crippen molar-refractivity contribution in [2.75, 3.05) is 24.6 Å². The van der Waals surface area contributed by atoms with E-state index >= 15 is 0 Å². The second-order valence-electron chi connectivity index (χ2n) is 4.77. The van der Waals surface area contributed by atoms with Crippen LogP contribution in [0.1, 0.15) is 26.7 Å². The predicted octanol–water partition coefficient (Wildman–Crippen LogP) is 1.51. The summed E-state index contributed by atoms with van der Waals surface area (Å²) in [6, 6.07) is 4.60. The van der Waals surface area contributed by atoms with Crippen LogP contribution in [0.25, 0.3) is 0 Å². The number of hydrogen-bond acceptors (Lipinski definition) is 4. The van der Waals surface area contributed by atoms with Crippen LogP contribution in [0.5, 0.6) is 5.75 Å². The second kappa shape index (κ2) is 6.44. The first-order chi connectivity index (χ1) is 9.99. The molecule has 6 nitrogen and oxygen atoms in total. The molecule has 1 aliphatic rings. The van der Waals surface area contributed by atoms with Gasteiger partial charge in [0.25, 0.3) is 0 Å². The number of carbonyl (C=O) groups is 1. The van der Waals surface area contributed by atoms with E-state index < -0.39 is 10.0 Å². The summed E-state index contributed by atoms with van der Waals surface area (Å²) < 4.78 is 32.3. The van der Waals surface area contributed by atoms with Crippen molar-refractivity contribution in [2.45, 2.75) is 31.6 Å². The molecule has 0 radical (unpaired) electrons. The molecule has 1 amide bonds. The van der Waals surface area contributed by atoms with Gasteiger partial charge in [-0.3, -0.25) is 4.79 Å². The maximum absolute atomic E-state index is 12.2. The molecule has 0 bridgehead atoms. The Bertz CT molecular complexity index is 628. The Balaban J connectivity index is 2.39. The molecule has 1 N–H and O–H groups in total. The minimum Gasteiger partial charge on any atom is -0.490 e. The number of benzene rings is 1. The van der Waals surface area contributed by atoms with Crippen LogP contribution in [-0.4, -0.2) is 34.0 Å². The molecular formula is C14H20N2O4S. The molecule has 0 spiro atoms. The van der Waals surface area contributed by atoms with E-state index in [-0.39, 0.29) is 10.8 Å². The zero-order valence-electron chi connectivity index (χ0n) is 12.3. The molecule has 0 saturated heterocycles. The Morgan fingerprint density at radius 1 is 1.38 bits per heavy atom. The van der Waals surface area contributed by atoms with E-state index in [2.05, 4.69) is 4.72 Å². The fraction of sp³-hybridized carbons (Fsp3) is 0.500. The Morgan fingerprint density at radius 2 is 2.14 bits per heavy atom. The summed E-state index contributed by atoms with van der Waals surface area (Å²) in [4.78, 5) is 13.7. The molecule has 0 atom stereocenters. The lowest BCUT2D eigenvalue weighted by molar-refractivity contribution is -0.118. The zero-order valence-corrected chi connectivity index (χ0v) is 13.1. The van der Waals surface area contributed by atoms with Crippen molar-refractivity contribution in [3.8, 4) is 5.75 Å². The summed E-state index contributed by atoms with van der Waals surface area (Å²) in [6.07, 6.45) is 1.08. The van der Waals surface area contributed by atoms with Crippen LogP contribution in [0, 0.1) is 0 Å². The van der Waals surface area contributed by atoms with Crippen LogP contribution in [0.2, 0.25) is 0 Å². The molecule has 7 heteroatoms. The highest BCUT2D eigenvalue weighted by Crippen LogP contribution is 2.34. The van der Waals surface area contributed by atoms with E-state index in [1.807, 2.05) is 6.92 Å². The lowest BCUT2D eigenvalue weighted by atomic mass is 10.2. The molecule has 0 saturated carbocycles. The van der Waals surface area contributed by atoms with Gasteiger partial charge in [-0.2, -0.15) is 0 Å². The van der Waals surface area contributed by atoms with Crippen LogP contribution in [0.4, 0.5) is 5.69 Å². The van der Waals surface area contributed by atoms with Crippen molar-refractivity contribution < 1.29 is 17.9 Å². The summed E-state index contributed by atoms with van der Waals surface area (Å²) in [5.74, 6) is 0.494. The van der Waals surface area contributed by atoms with Crippen LogP contribution in [0.15, 0.2) is 23.1 Å². The van der Waals surface area contributed by atoms with Gasteiger partial charge in [0.05, 0.1) is 17.1 Å². The van der Waals surface area contributed by atoms with Gasteiger partial charge in [0.1, 0.15) is 12.4 Å². The summed E-state index contributed by atoms with van der Waals surface area (Å²) in [5.41, 5.74) is 0.521. The number of hydrogen-bond donors (Lipinski definition) is 1. The maximum Gasteiger partial charge on any atom is 0.240 e. The Morgan fingerprint density at radius 3 is 2.81 bits per heavy atom. The highest BCUT2D eigenvalue weighted by atomic mass is 32.2. The average Bonchev–Trinajstić information content (AvgIpc) is 2.51. The van der Waals surface area contributed by atoms with E-state index in [1.165, 1.54) is 12.1 Å². The summed E-state index contributed by atoms with van der Waals surface area (Å²) in [6.45, 7) is 4.91. The van der Waals surface area contributed by atoms with Crippen molar-refractivity contribution >= 4 is 21.6 Å². The quantitative estimate of drug-likeness (QED) is 0.894. The SMILES string of the molecule is CCCNS(=O)(=O)c1ccc2c(c1)N(C(=O)CC)CCO2. The third-order valence-corrected chi connectivity index (χ3v) is 4.71. The van der Waals surface area contributed by atoms with Gasteiger partial charge in [0.2, 0.25) is 15.9 Å². The van der Waals surface area contributed by atoms with Gasteiger partial charge in [-0.15, -0.1) is 0 Å². The number of nitrogens with one attached hydrogen (secondary N) is 1. The number of carbonyl (C=O) groups excluding carboxylic acids is 1. The third-order valence-electron chi connectivity index (χ3n) is 3.25. The van der Waals surface area contributed by atoms with Gasteiger partial charge < -0.3 is 9.64 Å². The predicted molar refractivity (Wildman–Crippen MR) is 80.1 cm³/mol. The Kier molecular flexibility index (Phi) is 4.84. The van der Waals surface area contributed by atoms with Crippen LogP contribution >= 0.6 is 0 Å². The highest BCUT2D eigenvalue weighted by Gasteiger charge is 2.25. The number of sulfonamides is 1. The number of rotatable bonds is 5. The van der Waals surface area contributed by atoms with Crippen molar-refractivity contribution in [1.82, 2.24) is 4.72 Å². The number of nitrogens with zero attached hydrogens (tertiary/aromatic N) is 1. The zero-order chi connectivity index (χ0) is 15.5. The number of ether oxygens (including phenoxy) is 1. The van der Waals surface area contributed by atoms with E-state index in [9.17, 15) is 13.2 Å². The minimum atomic E-state index is -3.56. The maximum atomic E-state index is 12.2. The van der Waals surface area contributed by atoms with E-state index in [4.69, 9.17) is 4.74 Å². The number of anilines is 1. The van der Waals surface area contributed by atoms with Gasteiger partial charge >= 0.3 is 0 Å². The van der Waals surface area contributed by atoms with Gasteiger partial charge in [-0.05, 0) is 24.6 Å². The van der Waals surface area contributed by atoms with Crippen molar-refractivity contribution in [3.63, 3.8) is 0 Å². The first-order valence-electron chi connectivity index (χ1n) is 7.06. The average molecular weight is 312 g/mol. The largest absolute Gasteiger partial charge is 0.490 e. The molecule has 1 heterocycles. The van der Waals surface area contributed by atoms with Crippen LogP contribution < -0.4 is 14.4 Å². The molecule has 0 aliphatic carbocycles. The van der Waals surface area contributed by atoms with Crippen molar-refractivity contribution in [2.24, 2.45) is 0 Å². The molecule has 1 aromatic rings. The van der Waals surface area contributed by atoms with Crippen molar-refractivity contribution in [3.05, 3.63) is 18.2 Å². The molecule has 116 valence electrons. The van der Waals surface area contributed by atoms with Gasteiger partial charge in [0, 0.05) is 13.0 Å². The first kappa shape index (κ1) is 15.8. The lowest BCUT2D eigenvalue weighted by Gasteiger charge is -2.29. The van der Waals surface area contributed by atoms with Crippen LogP contribution in [-0.2, 0) is 14.8 Å². The lowest BCUT2D eigenvalue weighted by Crippen LogP contribution is -2.37. The number of fused-ring (bicyclic) bond motifs is 1. The third kappa shape index (κ3) is 3.36. The van der Waals surface area contributed by atoms with E-state index in [0.29, 0.717) is 44.0 Å². The van der Waals surface area contributed by atoms with Crippen molar-refractivity contribution in [1.29, 1.82) is 0 Å². The molecule has 0 fully saturated rings. The molecular weight excluding hydrogens is 292 g/mol. The summed E-state index contributed by atoms with van der Waals surface area (Å²) in [5, 5.41) is 0. The smallest absolute Gasteiger partial charge is 0.240 e. The molecule has 1 aromatic carbocycles. The Hall–Kier alpha value is -1.60. The second-order valence-corrected chi connectivity index (χ2v) is 6.54. The first-order valence-corrected chi connectivity index (χ1v) is 8.54. The minimum absolute atomic E-state index is 0.0457. The molecule has 2 rings (SSSR count). The normalized spacial score (nSPS) is 14.5. The molecule has 0 unspecified atom stereocenters. The topological polar surface area (TPSA) is 75.7 Å². The molecule has 21 heavy (non-hydrogen) atoms. The summed E-state index contributed by atoms with van der Waals surface area (Å²) in [7, 11) is -3.56. The standard InChI is InChI=1S/C14H20N2O4S/c1-3-7-15-21(18,19)11-5-6-13-12(10-11)16(8-9-20-13)14(17)4-2/h5-6,10,15H,3-4,7-9H2,1-2H3.